The first-order chi connectivity index (χ1) is 9.81. The minimum Gasteiger partial charge on any atom is -0.508 e. The Bertz CT molecular complexity index is 655. The number of rotatable bonds is 5. The Balaban J connectivity index is 2.24. The van der Waals surface area contributed by atoms with Crippen LogP contribution in [-0.4, -0.2) is 56.1 Å². The van der Waals surface area contributed by atoms with E-state index in [1.807, 2.05) is 0 Å². The molecule has 2 atom stereocenters. The maximum Gasteiger partial charge on any atom is 0.264 e. The molecule has 1 aliphatic rings. The Kier molecular flexibility index (Phi) is 4.50. The number of phenolic OH excluding ortho intramolecular Hbond substituents is 1. The molecular weight excluding hydrogens is 298 g/mol. The second-order valence-electron chi connectivity index (χ2n) is 4.78. The van der Waals surface area contributed by atoms with Crippen LogP contribution in [0.5, 0.6) is 5.75 Å². The van der Waals surface area contributed by atoms with Crippen LogP contribution in [0.3, 0.4) is 0 Å². The third-order valence-electron chi connectivity index (χ3n) is 3.12. The van der Waals surface area contributed by atoms with Crippen LogP contribution in [0.15, 0.2) is 23.2 Å². The molecule has 1 heterocycles. The lowest BCUT2D eigenvalue weighted by molar-refractivity contribution is 0.0918. The second-order valence-corrected chi connectivity index (χ2v) is 6.38. The van der Waals surface area contributed by atoms with Gasteiger partial charge >= 0.3 is 0 Å². The summed E-state index contributed by atoms with van der Waals surface area (Å²) in [5.74, 6) is 0.414. The van der Waals surface area contributed by atoms with Crippen molar-refractivity contribution in [1.82, 2.24) is 0 Å². The first-order valence-corrected chi connectivity index (χ1v) is 8.12. The number of hydrogen-bond donors (Lipinski definition) is 2. The van der Waals surface area contributed by atoms with Crippen LogP contribution in [0.2, 0.25) is 0 Å². The Hall–Kier alpha value is -1.64. The monoisotopic (exact) mass is 315 g/mol. The minimum absolute atomic E-state index is 0.102. The Morgan fingerprint density at radius 3 is 2.86 bits per heavy atom. The summed E-state index contributed by atoms with van der Waals surface area (Å²) in [7, 11) is -3.69. The van der Waals surface area contributed by atoms with E-state index in [-0.39, 0.29) is 12.4 Å². The normalized spacial score (nSPS) is 20.0. The van der Waals surface area contributed by atoms with Crippen LogP contribution in [0.1, 0.15) is 11.1 Å². The minimum atomic E-state index is -3.69. The Morgan fingerprint density at radius 1 is 1.52 bits per heavy atom. The van der Waals surface area contributed by atoms with Crippen molar-refractivity contribution >= 4 is 16.0 Å². The molecule has 0 radical (unpaired) electrons. The molecule has 0 aromatic heterocycles. The topological polar surface area (TPSA) is 105 Å². The lowest BCUT2D eigenvalue weighted by atomic mass is 10.1. The maximum absolute atomic E-state index is 11.2. The summed E-state index contributed by atoms with van der Waals surface area (Å²) < 4.78 is 32.5. The van der Waals surface area contributed by atoms with Crippen molar-refractivity contribution in [3.8, 4) is 5.75 Å². The van der Waals surface area contributed by atoms with Crippen molar-refractivity contribution < 1.29 is 27.6 Å². The lowest BCUT2D eigenvalue weighted by Crippen LogP contribution is -2.34. The first-order valence-electron chi connectivity index (χ1n) is 6.30. The van der Waals surface area contributed by atoms with Gasteiger partial charge < -0.3 is 14.9 Å². The SMILES string of the molecule is Cc1c(O)cccc1C1=N[C@H]([C@H](CO)OS(C)(=O)=O)CO1. The highest BCUT2D eigenvalue weighted by molar-refractivity contribution is 7.86. The number of aliphatic hydroxyl groups excluding tert-OH is 1. The highest BCUT2D eigenvalue weighted by Gasteiger charge is 2.31. The number of nitrogens with zero attached hydrogens (tertiary/aromatic N) is 1. The number of aliphatic hydroxyl groups is 1. The molecule has 0 amide bonds. The summed E-state index contributed by atoms with van der Waals surface area (Å²) in [5, 5.41) is 18.9. The first kappa shape index (κ1) is 15.7. The fourth-order valence-corrected chi connectivity index (χ4v) is 2.66. The summed E-state index contributed by atoms with van der Waals surface area (Å²) >= 11 is 0. The fourth-order valence-electron chi connectivity index (χ4n) is 2.02. The molecule has 2 rings (SSSR count). The van der Waals surface area contributed by atoms with Gasteiger partial charge in [0.25, 0.3) is 10.1 Å². The van der Waals surface area contributed by atoms with Crippen LogP contribution in [0.4, 0.5) is 0 Å². The molecular formula is C13H17NO6S. The fraction of sp³-hybridized carbons (Fsp3) is 0.462. The molecule has 21 heavy (non-hydrogen) atoms. The number of hydrogen-bond acceptors (Lipinski definition) is 7. The average molecular weight is 315 g/mol. The predicted octanol–water partition coefficient (Wildman–Crippen LogP) is 0.183. The molecule has 0 bridgehead atoms. The Labute approximate surface area is 123 Å². The van der Waals surface area contributed by atoms with Crippen molar-refractivity contribution in [3.63, 3.8) is 0 Å². The molecule has 2 N–H and O–H groups in total. The predicted molar refractivity (Wildman–Crippen MR) is 75.9 cm³/mol. The van der Waals surface area contributed by atoms with Gasteiger partial charge in [-0.1, -0.05) is 6.07 Å². The van der Waals surface area contributed by atoms with Crippen LogP contribution >= 0.6 is 0 Å². The van der Waals surface area contributed by atoms with Gasteiger partial charge in [0.15, 0.2) is 0 Å². The van der Waals surface area contributed by atoms with Gasteiger partial charge in [0.2, 0.25) is 5.90 Å². The van der Waals surface area contributed by atoms with Crippen LogP contribution in [0.25, 0.3) is 0 Å². The molecule has 0 spiro atoms. The summed E-state index contributed by atoms with van der Waals surface area (Å²) in [6.45, 7) is 1.34. The molecule has 116 valence electrons. The molecule has 0 aliphatic carbocycles. The zero-order valence-electron chi connectivity index (χ0n) is 11.7. The van der Waals surface area contributed by atoms with Gasteiger partial charge in [-0.2, -0.15) is 8.42 Å². The molecule has 1 aliphatic heterocycles. The van der Waals surface area contributed by atoms with E-state index in [0.29, 0.717) is 17.0 Å². The van der Waals surface area contributed by atoms with Gasteiger partial charge in [-0.15, -0.1) is 0 Å². The summed E-state index contributed by atoms with van der Waals surface area (Å²) in [6.07, 6.45) is -0.0785. The van der Waals surface area contributed by atoms with E-state index in [4.69, 9.17) is 8.92 Å². The summed E-state index contributed by atoms with van der Waals surface area (Å²) in [4.78, 5) is 4.25. The van der Waals surface area contributed by atoms with Gasteiger partial charge in [0.1, 0.15) is 24.5 Å². The molecule has 1 aromatic rings. The summed E-state index contributed by atoms with van der Waals surface area (Å²) in [5.41, 5.74) is 1.23. The zero-order chi connectivity index (χ0) is 15.6. The molecule has 0 saturated heterocycles. The highest BCUT2D eigenvalue weighted by atomic mass is 32.2. The zero-order valence-corrected chi connectivity index (χ0v) is 12.5. The van der Waals surface area contributed by atoms with Crippen molar-refractivity contribution in [1.29, 1.82) is 0 Å². The van der Waals surface area contributed by atoms with Gasteiger partial charge in [-0.3, -0.25) is 4.18 Å². The van der Waals surface area contributed by atoms with E-state index < -0.39 is 28.9 Å². The van der Waals surface area contributed by atoms with Crippen molar-refractivity contribution in [2.45, 2.75) is 19.1 Å². The van der Waals surface area contributed by atoms with E-state index >= 15 is 0 Å². The number of benzene rings is 1. The standard InChI is InChI=1S/C13H17NO6S/c1-8-9(4-3-5-11(8)16)13-14-10(7-19-13)12(6-15)20-21(2,17)18/h3-5,10,12,15-16H,6-7H2,1-2H3/t10-,12-/m0/s1. The number of aliphatic imine (C=N–C) groups is 1. The third-order valence-corrected chi connectivity index (χ3v) is 3.71. The smallest absolute Gasteiger partial charge is 0.264 e. The third kappa shape index (κ3) is 3.72. The molecule has 1 aromatic carbocycles. The van der Waals surface area contributed by atoms with E-state index in [1.54, 1.807) is 25.1 Å². The van der Waals surface area contributed by atoms with E-state index in [9.17, 15) is 18.6 Å². The van der Waals surface area contributed by atoms with E-state index in [0.717, 1.165) is 6.26 Å². The second kappa shape index (κ2) is 6.00. The highest BCUT2D eigenvalue weighted by Crippen LogP contribution is 2.24. The van der Waals surface area contributed by atoms with E-state index in [2.05, 4.69) is 4.99 Å². The van der Waals surface area contributed by atoms with Crippen LogP contribution in [0, 0.1) is 6.92 Å². The van der Waals surface area contributed by atoms with Gasteiger partial charge in [-0.05, 0) is 19.1 Å². The van der Waals surface area contributed by atoms with Gasteiger partial charge in [0.05, 0.1) is 12.9 Å². The molecule has 8 heteroatoms. The number of aromatic hydroxyl groups is 1. The lowest BCUT2D eigenvalue weighted by Gasteiger charge is -2.16. The number of phenols is 1. The van der Waals surface area contributed by atoms with Crippen molar-refractivity contribution in [2.75, 3.05) is 19.5 Å². The Morgan fingerprint density at radius 2 is 2.24 bits per heavy atom. The van der Waals surface area contributed by atoms with Gasteiger partial charge in [0, 0.05) is 11.1 Å². The summed E-state index contributed by atoms with van der Waals surface area (Å²) in [6, 6.07) is 4.32. The maximum atomic E-state index is 11.2. The molecule has 0 unspecified atom stereocenters. The number of ether oxygens (including phenoxy) is 1. The van der Waals surface area contributed by atoms with Crippen LogP contribution in [-0.2, 0) is 19.0 Å². The molecule has 7 nitrogen and oxygen atoms in total. The average Bonchev–Trinajstić information content (AvgIpc) is 2.87. The molecule has 0 fully saturated rings. The van der Waals surface area contributed by atoms with E-state index in [1.165, 1.54) is 0 Å². The van der Waals surface area contributed by atoms with Crippen molar-refractivity contribution in [2.24, 2.45) is 4.99 Å². The quantitative estimate of drug-likeness (QED) is 0.751. The van der Waals surface area contributed by atoms with Crippen molar-refractivity contribution in [3.05, 3.63) is 29.3 Å². The molecule has 0 saturated carbocycles. The van der Waals surface area contributed by atoms with Crippen LogP contribution < -0.4 is 0 Å². The largest absolute Gasteiger partial charge is 0.508 e. The van der Waals surface area contributed by atoms with Gasteiger partial charge in [-0.25, -0.2) is 4.99 Å².